The molecule has 0 spiro atoms. The van der Waals surface area contributed by atoms with E-state index in [0.29, 0.717) is 0 Å². The van der Waals surface area contributed by atoms with E-state index in [4.69, 9.17) is 5.73 Å². The van der Waals surface area contributed by atoms with Crippen molar-refractivity contribution >= 4 is 5.91 Å². The normalized spacial score (nSPS) is 21.1. The number of nitrogens with zero attached hydrogens (tertiary/aromatic N) is 1. The van der Waals surface area contributed by atoms with E-state index < -0.39 is 0 Å². The molecule has 12 heavy (non-hydrogen) atoms. The number of likely N-dealkylation sites (tertiary alicyclic amines) is 1. The van der Waals surface area contributed by atoms with Gasteiger partial charge >= 0.3 is 0 Å². The first-order chi connectivity index (χ1) is 5.70. The van der Waals surface area contributed by atoms with Crippen LogP contribution in [0.3, 0.4) is 0 Å². The molecule has 3 nitrogen and oxygen atoms in total. The average molecular weight is 170 g/mol. The third-order valence-corrected chi connectivity index (χ3v) is 2.56. The van der Waals surface area contributed by atoms with Crippen molar-refractivity contribution in [3.8, 4) is 0 Å². The van der Waals surface area contributed by atoms with Gasteiger partial charge in [0.25, 0.3) is 0 Å². The van der Waals surface area contributed by atoms with Crippen molar-refractivity contribution in [2.24, 2.45) is 11.7 Å². The summed E-state index contributed by atoms with van der Waals surface area (Å²) < 4.78 is 0. The van der Waals surface area contributed by atoms with E-state index >= 15 is 0 Å². The summed E-state index contributed by atoms with van der Waals surface area (Å²) in [5.41, 5.74) is 5.16. The standard InChI is InChI=1S/C9H18N2O/c1-8(9(10)12)4-7-11-5-2-3-6-11/h8H,2-7H2,1H3,(H2,10,12). The molecule has 0 aromatic heterocycles. The minimum absolute atomic E-state index is 0.0330. The van der Waals surface area contributed by atoms with E-state index in [2.05, 4.69) is 4.90 Å². The Balaban J connectivity index is 2.11. The first-order valence-corrected chi connectivity index (χ1v) is 4.72. The summed E-state index contributed by atoms with van der Waals surface area (Å²) in [7, 11) is 0. The number of primary amides is 1. The van der Waals surface area contributed by atoms with E-state index in [0.717, 1.165) is 13.0 Å². The minimum atomic E-state index is -0.172. The van der Waals surface area contributed by atoms with Crippen LogP contribution in [0.4, 0.5) is 0 Å². The van der Waals surface area contributed by atoms with E-state index in [1.54, 1.807) is 0 Å². The van der Waals surface area contributed by atoms with Gasteiger partial charge in [0, 0.05) is 5.92 Å². The Bertz CT molecular complexity index is 153. The van der Waals surface area contributed by atoms with E-state index in [1.165, 1.54) is 25.9 Å². The molecule has 1 unspecified atom stereocenters. The van der Waals surface area contributed by atoms with E-state index in [-0.39, 0.29) is 11.8 Å². The predicted molar refractivity (Wildman–Crippen MR) is 48.6 cm³/mol. The van der Waals surface area contributed by atoms with Crippen molar-refractivity contribution in [1.29, 1.82) is 0 Å². The molecule has 0 radical (unpaired) electrons. The fourth-order valence-electron chi connectivity index (χ4n) is 1.52. The summed E-state index contributed by atoms with van der Waals surface area (Å²) in [5, 5.41) is 0. The summed E-state index contributed by atoms with van der Waals surface area (Å²) >= 11 is 0. The zero-order valence-electron chi connectivity index (χ0n) is 7.75. The molecule has 3 heteroatoms. The van der Waals surface area contributed by atoms with Crippen molar-refractivity contribution in [3.05, 3.63) is 0 Å². The van der Waals surface area contributed by atoms with Gasteiger partial charge in [-0.05, 0) is 38.9 Å². The number of hydrogen-bond donors (Lipinski definition) is 1. The van der Waals surface area contributed by atoms with Crippen LogP contribution in [0.25, 0.3) is 0 Å². The van der Waals surface area contributed by atoms with Crippen molar-refractivity contribution < 1.29 is 4.79 Å². The van der Waals surface area contributed by atoms with Gasteiger partial charge < -0.3 is 10.6 Å². The SMILES string of the molecule is CC(CCN1CCCC1)C(N)=O. The van der Waals surface area contributed by atoms with Crippen LogP contribution < -0.4 is 5.73 Å². The number of nitrogens with two attached hydrogens (primary N) is 1. The van der Waals surface area contributed by atoms with Crippen molar-refractivity contribution in [2.75, 3.05) is 19.6 Å². The van der Waals surface area contributed by atoms with Gasteiger partial charge in [-0.25, -0.2) is 0 Å². The number of amides is 1. The van der Waals surface area contributed by atoms with Gasteiger partial charge in [-0.15, -0.1) is 0 Å². The molecule has 70 valence electrons. The number of carbonyl (C=O) groups is 1. The Morgan fingerprint density at radius 2 is 2.08 bits per heavy atom. The number of carbonyl (C=O) groups excluding carboxylic acids is 1. The second kappa shape index (κ2) is 4.45. The molecule has 0 aromatic carbocycles. The molecule has 1 aliphatic heterocycles. The summed E-state index contributed by atoms with van der Waals surface area (Å²) in [4.78, 5) is 13.1. The lowest BCUT2D eigenvalue weighted by Crippen LogP contribution is -2.27. The summed E-state index contributed by atoms with van der Waals surface area (Å²) in [6.45, 7) is 5.33. The van der Waals surface area contributed by atoms with E-state index in [9.17, 15) is 4.79 Å². The van der Waals surface area contributed by atoms with Crippen LogP contribution in [0.1, 0.15) is 26.2 Å². The predicted octanol–water partition coefficient (Wildman–Crippen LogP) is 0.594. The van der Waals surface area contributed by atoms with Gasteiger partial charge in [-0.1, -0.05) is 6.92 Å². The Kier molecular flexibility index (Phi) is 3.53. The van der Waals surface area contributed by atoms with Gasteiger partial charge in [-0.2, -0.15) is 0 Å². The maximum atomic E-state index is 10.7. The highest BCUT2D eigenvalue weighted by molar-refractivity contribution is 5.76. The molecule has 1 rings (SSSR count). The summed E-state index contributed by atoms with van der Waals surface area (Å²) in [5.74, 6) is -0.139. The van der Waals surface area contributed by atoms with E-state index in [1.807, 2.05) is 6.92 Å². The smallest absolute Gasteiger partial charge is 0.220 e. The van der Waals surface area contributed by atoms with Gasteiger partial charge in [0.05, 0.1) is 0 Å². The molecule has 1 saturated heterocycles. The molecular weight excluding hydrogens is 152 g/mol. The molecule has 0 aliphatic carbocycles. The second-order valence-electron chi connectivity index (χ2n) is 3.64. The fourth-order valence-corrected chi connectivity index (χ4v) is 1.52. The van der Waals surface area contributed by atoms with Gasteiger partial charge in [0.1, 0.15) is 0 Å². The topological polar surface area (TPSA) is 46.3 Å². The fraction of sp³-hybridized carbons (Fsp3) is 0.889. The molecule has 1 amide bonds. The number of hydrogen-bond acceptors (Lipinski definition) is 2. The average Bonchev–Trinajstić information content (AvgIpc) is 2.51. The molecule has 0 bridgehead atoms. The van der Waals surface area contributed by atoms with Crippen LogP contribution in [-0.2, 0) is 4.79 Å². The molecule has 0 aromatic rings. The highest BCUT2D eigenvalue weighted by atomic mass is 16.1. The van der Waals surface area contributed by atoms with Crippen molar-refractivity contribution in [1.82, 2.24) is 4.90 Å². The van der Waals surface area contributed by atoms with Gasteiger partial charge in [-0.3, -0.25) is 4.79 Å². The molecule has 0 saturated carbocycles. The van der Waals surface area contributed by atoms with Crippen LogP contribution in [0.5, 0.6) is 0 Å². The first kappa shape index (κ1) is 9.52. The Hall–Kier alpha value is -0.570. The maximum absolute atomic E-state index is 10.7. The third kappa shape index (κ3) is 2.81. The second-order valence-corrected chi connectivity index (χ2v) is 3.64. The van der Waals surface area contributed by atoms with Crippen LogP contribution >= 0.6 is 0 Å². The lowest BCUT2D eigenvalue weighted by Gasteiger charge is -2.15. The zero-order chi connectivity index (χ0) is 8.97. The minimum Gasteiger partial charge on any atom is -0.369 e. The number of rotatable bonds is 4. The highest BCUT2D eigenvalue weighted by Crippen LogP contribution is 2.10. The van der Waals surface area contributed by atoms with Crippen molar-refractivity contribution in [2.45, 2.75) is 26.2 Å². The molecule has 1 atom stereocenters. The molecule has 1 fully saturated rings. The lowest BCUT2D eigenvalue weighted by molar-refractivity contribution is -0.121. The molecule has 1 heterocycles. The lowest BCUT2D eigenvalue weighted by atomic mass is 10.1. The Morgan fingerprint density at radius 3 is 2.58 bits per heavy atom. The largest absolute Gasteiger partial charge is 0.369 e. The molecule has 1 aliphatic rings. The molecule has 2 N–H and O–H groups in total. The van der Waals surface area contributed by atoms with Crippen LogP contribution in [0.15, 0.2) is 0 Å². The molecular formula is C9H18N2O. The first-order valence-electron chi connectivity index (χ1n) is 4.72. The quantitative estimate of drug-likeness (QED) is 0.671. The summed E-state index contributed by atoms with van der Waals surface area (Å²) in [6, 6.07) is 0. The van der Waals surface area contributed by atoms with Crippen molar-refractivity contribution in [3.63, 3.8) is 0 Å². The highest BCUT2D eigenvalue weighted by Gasteiger charge is 2.14. The van der Waals surface area contributed by atoms with Crippen LogP contribution in [0, 0.1) is 5.92 Å². The maximum Gasteiger partial charge on any atom is 0.220 e. The van der Waals surface area contributed by atoms with Crippen LogP contribution in [0.2, 0.25) is 0 Å². The third-order valence-electron chi connectivity index (χ3n) is 2.56. The zero-order valence-corrected chi connectivity index (χ0v) is 7.75. The van der Waals surface area contributed by atoms with Gasteiger partial charge in [0.15, 0.2) is 0 Å². The monoisotopic (exact) mass is 170 g/mol. The Labute approximate surface area is 73.9 Å². The van der Waals surface area contributed by atoms with Crippen LogP contribution in [-0.4, -0.2) is 30.4 Å². The van der Waals surface area contributed by atoms with Gasteiger partial charge in [0.2, 0.25) is 5.91 Å². The summed E-state index contributed by atoms with van der Waals surface area (Å²) in [6.07, 6.45) is 3.53. The Morgan fingerprint density at radius 1 is 1.50 bits per heavy atom.